The van der Waals surface area contributed by atoms with E-state index >= 15 is 0 Å². The van der Waals surface area contributed by atoms with Gasteiger partial charge >= 0.3 is 0 Å². The number of nitrogens with one attached hydrogen (secondary N) is 1. The molecule has 0 radical (unpaired) electrons. The predicted molar refractivity (Wildman–Crippen MR) is 64.9 cm³/mol. The van der Waals surface area contributed by atoms with Crippen LogP contribution in [0.2, 0.25) is 0 Å². The summed E-state index contributed by atoms with van der Waals surface area (Å²) in [5.41, 5.74) is 3.27. The van der Waals surface area contributed by atoms with E-state index in [2.05, 4.69) is 20.9 Å². The average molecular weight is 248 g/mol. The topological polar surface area (TPSA) is 74.7 Å². The van der Waals surface area contributed by atoms with Gasteiger partial charge in [-0.2, -0.15) is 9.64 Å². The van der Waals surface area contributed by atoms with Crippen LogP contribution < -0.4 is 5.32 Å². The van der Waals surface area contributed by atoms with Crippen LogP contribution in [0.25, 0.3) is 0 Å². The van der Waals surface area contributed by atoms with Crippen LogP contribution in [-0.4, -0.2) is 9.53 Å². The van der Waals surface area contributed by atoms with Gasteiger partial charge in [0.05, 0.1) is 11.4 Å². The summed E-state index contributed by atoms with van der Waals surface area (Å²) in [5, 5.41) is 16.9. The Bertz CT molecular complexity index is 559. The predicted octanol–water partition coefficient (Wildman–Crippen LogP) is 2.54. The minimum Gasteiger partial charge on any atom is -0.370 e. The maximum absolute atomic E-state index is 9.00. The summed E-state index contributed by atoms with van der Waals surface area (Å²) in [6, 6.07) is 2.15. The fourth-order valence-corrected chi connectivity index (χ4v) is 2.29. The zero-order valence-corrected chi connectivity index (χ0v) is 10.7. The zero-order valence-electron chi connectivity index (χ0n) is 9.87. The van der Waals surface area contributed by atoms with Crippen LogP contribution in [0.3, 0.4) is 0 Å². The van der Waals surface area contributed by atoms with Gasteiger partial charge in [0.15, 0.2) is 0 Å². The van der Waals surface area contributed by atoms with Crippen molar-refractivity contribution in [2.24, 2.45) is 0 Å². The van der Waals surface area contributed by atoms with Gasteiger partial charge in [-0.3, -0.25) is 0 Å². The van der Waals surface area contributed by atoms with Crippen LogP contribution >= 0.6 is 11.5 Å². The van der Waals surface area contributed by atoms with Gasteiger partial charge in [0.1, 0.15) is 22.4 Å². The summed E-state index contributed by atoms with van der Waals surface area (Å²) in [5.74, 6) is 0.801. The zero-order chi connectivity index (χ0) is 12.4. The molecule has 2 rings (SSSR count). The summed E-state index contributed by atoms with van der Waals surface area (Å²) in [6.45, 7) is 6.20. The average Bonchev–Trinajstić information content (AvgIpc) is 2.81. The van der Waals surface area contributed by atoms with E-state index in [0.29, 0.717) is 12.1 Å². The minimum atomic E-state index is 0.595. The SMILES string of the molecule is Cc1nsc(NCc2c(C)noc2C)c1C#N. The van der Waals surface area contributed by atoms with Gasteiger partial charge in [-0.25, -0.2) is 0 Å². The van der Waals surface area contributed by atoms with Crippen molar-refractivity contribution in [1.82, 2.24) is 9.53 Å². The number of rotatable bonds is 3. The Morgan fingerprint density at radius 3 is 2.71 bits per heavy atom. The molecule has 6 heteroatoms. The molecule has 0 fully saturated rings. The van der Waals surface area contributed by atoms with Crippen LogP contribution in [-0.2, 0) is 6.54 Å². The second-order valence-electron chi connectivity index (χ2n) is 3.74. The van der Waals surface area contributed by atoms with Gasteiger partial charge in [0.2, 0.25) is 0 Å². The van der Waals surface area contributed by atoms with Crippen LogP contribution in [0, 0.1) is 32.1 Å². The van der Waals surface area contributed by atoms with E-state index in [1.54, 1.807) is 0 Å². The molecule has 0 saturated heterocycles. The molecule has 0 aliphatic heterocycles. The second-order valence-corrected chi connectivity index (χ2v) is 4.51. The quantitative estimate of drug-likeness (QED) is 0.903. The summed E-state index contributed by atoms with van der Waals surface area (Å²) in [6.07, 6.45) is 0. The van der Waals surface area contributed by atoms with E-state index in [9.17, 15) is 0 Å². The van der Waals surface area contributed by atoms with Gasteiger partial charge < -0.3 is 9.84 Å². The standard InChI is InChI=1S/C11H12N4OS/c1-6-10(8(3)16-14-6)5-13-11-9(4-12)7(2)15-17-11/h13H,5H2,1-3H3. The first-order valence-electron chi connectivity index (χ1n) is 5.15. The molecule has 0 spiro atoms. The molecule has 2 aromatic rings. The lowest BCUT2D eigenvalue weighted by Gasteiger charge is -2.02. The summed E-state index contributed by atoms with van der Waals surface area (Å²) in [4.78, 5) is 0. The molecule has 2 heterocycles. The van der Waals surface area contributed by atoms with E-state index in [0.717, 1.165) is 27.7 Å². The number of nitrogens with zero attached hydrogens (tertiary/aromatic N) is 3. The minimum absolute atomic E-state index is 0.595. The van der Waals surface area contributed by atoms with Crippen molar-refractivity contribution in [1.29, 1.82) is 5.26 Å². The normalized spacial score (nSPS) is 10.2. The van der Waals surface area contributed by atoms with Crippen LogP contribution in [0.5, 0.6) is 0 Å². The molecular weight excluding hydrogens is 236 g/mol. The van der Waals surface area contributed by atoms with Crippen molar-refractivity contribution in [3.8, 4) is 6.07 Å². The molecule has 2 aromatic heterocycles. The first kappa shape index (κ1) is 11.6. The number of hydrogen-bond acceptors (Lipinski definition) is 6. The molecule has 88 valence electrons. The molecule has 17 heavy (non-hydrogen) atoms. The number of aryl methyl sites for hydroxylation is 3. The Morgan fingerprint density at radius 1 is 1.35 bits per heavy atom. The summed E-state index contributed by atoms with van der Waals surface area (Å²) >= 11 is 1.30. The Hall–Kier alpha value is -1.87. The second kappa shape index (κ2) is 4.55. The van der Waals surface area contributed by atoms with E-state index < -0.39 is 0 Å². The van der Waals surface area contributed by atoms with Crippen LogP contribution in [0.4, 0.5) is 5.00 Å². The number of aromatic nitrogens is 2. The molecule has 5 nitrogen and oxygen atoms in total. The lowest BCUT2D eigenvalue weighted by atomic mass is 10.2. The smallest absolute Gasteiger partial charge is 0.138 e. The van der Waals surface area contributed by atoms with Gasteiger partial charge in [0, 0.05) is 12.1 Å². The van der Waals surface area contributed by atoms with Crippen molar-refractivity contribution < 1.29 is 4.52 Å². The van der Waals surface area contributed by atoms with Gasteiger partial charge in [-0.1, -0.05) is 5.16 Å². The number of nitriles is 1. The summed E-state index contributed by atoms with van der Waals surface area (Å²) < 4.78 is 9.23. The first-order valence-corrected chi connectivity index (χ1v) is 5.92. The molecule has 0 bridgehead atoms. The van der Waals surface area contributed by atoms with Crippen molar-refractivity contribution in [3.05, 3.63) is 28.3 Å². The van der Waals surface area contributed by atoms with Gasteiger partial charge in [-0.15, -0.1) is 0 Å². The lowest BCUT2D eigenvalue weighted by molar-refractivity contribution is 0.392. The third kappa shape index (κ3) is 2.15. The van der Waals surface area contributed by atoms with E-state index in [4.69, 9.17) is 9.78 Å². The molecule has 0 aliphatic carbocycles. The molecule has 0 atom stereocenters. The fourth-order valence-electron chi connectivity index (χ4n) is 1.54. The van der Waals surface area contributed by atoms with Crippen molar-refractivity contribution in [2.45, 2.75) is 27.3 Å². The highest BCUT2D eigenvalue weighted by Crippen LogP contribution is 2.24. The maximum Gasteiger partial charge on any atom is 0.138 e. The van der Waals surface area contributed by atoms with Crippen molar-refractivity contribution in [2.75, 3.05) is 5.32 Å². The van der Waals surface area contributed by atoms with Gasteiger partial charge in [0.25, 0.3) is 0 Å². The van der Waals surface area contributed by atoms with E-state index in [1.807, 2.05) is 20.8 Å². The van der Waals surface area contributed by atoms with E-state index in [-0.39, 0.29) is 0 Å². The molecule has 0 aromatic carbocycles. The van der Waals surface area contributed by atoms with Crippen molar-refractivity contribution >= 4 is 16.5 Å². The fraction of sp³-hybridized carbons (Fsp3) is 0.364. The van der Waals surface area contributed by atoms with E-state index in [1.165, 1.54) is 11.5 Å². The van der Waals surface area contributed by atoms with Crippen LogP contribution in [0.15, 0.2) is 4.52 Å². The third-order valence-electron chi connectivity index (χ3n) is 2.58. The monoisotopic (exact) mass is 248 g/mol. The lowest BCUT2D eigenvalue weighted by Crippen LogP contribution is -2.01. The van der Waals surface area contributed by atoms with Gasteiger partial charge in [-0.05, 0) is 32.3 Å². The summed E-state index contributed by atoms with van der Waals surface area (Å²) in [7, 11) is 0. The highest BCUT2D eigenvalue weighted by molar-refractivity contribution is 7.10. The highest BCUT2D eigenvalue weighted by Gasteiger charge is 2.12. The molecular formula is C11H12N4OS. The largest absolute Gasteiger partial charge is 0.370 e. The highest BCUT2D eigenvalue weighted by atomic mass is 32.1. The van der Waals surface area contributed by atoms with Crippen LogP contribution in [0.1, 0.15) is 28.3 Å². The Labute approximate surface area is 103 Å². The molecule has 0 aliphatic rings. The number of anilines is 1. The molecule has 0 amide bonds. The molecule has 0 unspecified atom stereocenters. The maximum atomic E-state index is 9.00. The number of hydrogen-bond donors (Lipinski definition) is 1. The Kier molecular flexibility index (Phi) is 3.11. The Balaban J connectivity index is 2.16. The molecule has 0 saturated carbocycles. The first-order chi connectivity index (χ1) is 8.13. The van der Waals surface area contributed by atoms with Crippen molar-refractivity contribution in [3.63, 3.8) is 0 Å². The molecule has 1 N–H and O–H groups in total. The Morgan fingerprint density at radius 2 is 2.12 bits per heavy atom. The third-order valence-corrected chi connectivity index (χ3v) is 3.48.